The fraction of sp³-hybridized carbons (Fsp3) is 0.846. The molecule has 0 aromatic heterocycles. The van der Waals surface area contributed by atoms with Gasteiger partial charge < -0.3 is 15.4 Å². The number of carbonyl (C=O) groups excluding carboxylic acids is 2. The third-order valence-electron chi connectivity index (χ3n) is 3.05. The Morgan fingerprint density at radius 2 is 1.78 bits per heavy atom. The lowest BCUT2D eigenvalue weighted by Gasteiger charge is -2.30. The van der Waals surface area contributed by atoms with Crippen LogP contribution in [0.3, 0.4) is 0 Å². The summed E-state index contributed by atoms with van der Waals surface area (Å²) in [5.74, 6) is -0.482. The number of hydrogen-bond acceptors (Lipinski definition) is 4. The lowest BCUT2D eigenvalue weighted by Crippen LogP contribution is -2.51. The number of esters is 1. The molecule has 0 saturated heterocycles. The molecule has 0 aliphatic heterocycles. The predicted octanol–water partition coefficient (Wildman–Crippen LogP) is 1.16. The van der Waals surface area contributed by atoms with Crippen LogP contribution in [-0.2, 0) is 14.3 Å². The molecule has 0 rings (SSSR count). The molecule has 5 heteroatoms. The Balaban J connectivity index is 4.69. The second kappa shape index (κ2) is 8.08. The van der Waals surface area contributed by atoms with Crippen LogP contribution in [0, 0.1) is 5.92 Å². The molecule has 0 aromatic carbocycles. The number of amides is 1. The van der Waals surface area contributed by atoms with E-state index in [0.29, 0.717) is 6.61 Å². The zero-order chi connectivity index (χ0) is 14.3. The molecule has 0 heterocycles. The Morgan fingerprint density at radius 3 is 2.17 bits per heavy atom. The molecule has 0 fully saturated rings. The molecule has 2 atom stereocenters. The lowest BCUT2D eigenvalue weighted by molar-refractivity contribution is -0.150. The molecule has 1 amide bonds. The Bertz CT molecular complexity index is 279. The van der Waals surface area contributed by atoms with Gasteiger partial charge in [-0.25, -0.2) is 0 Å². The van der Waals surface area contributed by atoms with Gasteiger partial charge in [0.1, 0.15) is 6.54 Å². The predicted molar refractivity (Wildman–Crippen MR) is 70.9 cm³/mol. The minimum absolute atomic E-state index is 0.0333. The third-order valence-corrected chi connectivity index (χ3v) is 3.05. The molecular weight excluding hydrogens is 232 g/mol. The van der Waals surface area contributed by atoms with Gasteiger partial charge in [0, 0.05) is 6.04 Å². The number of carbonyl (C=O) groups is 2. The highest BCUT2D eigenvalue weighted by molar-refractivity contribution is 5.86. The number of nitrogens with zero attached hydrogens (tertiary/aromatic N) is 1. The van der Waals surface area contributed by atoms with Gasteiger partial charge in [0.05, 0.1) is 12.6 Å². The van der Waals surface area contributed by atoms with Crippen LogP contribution in [0.1, 0.15) is 41.0 Å². The fourth-order valence-corrected chi connectivity index (χ4v) is 1.55. The first kappa shape index (κ1) is 16.9. The molecule has 106 valence electrons. The number of ether oxygens (including phenoxy) is 1. The minimum atomic E-state index is -0.563. The van der Waals surface area contributed by atoms with E-state index in [9.17, 15) is 9.59 Å². The van der Waals surface area contributed by atoms with Crippen molar-refractivity contribution in [2.75, 3.05) is 13.2 Å². The van der Waals surface area contributed by atoms with E-state index < -0.39 is 12.0 Å². The SMILES string of the molecule is CCOC(=O)CN(C(=O)[C@@H](N)[C@@H](C)CC)C(C)C. The number of nitrogens with two attached hydrogens (primary N) is 1. The van der Waals surface area contributed by atoms with Crippen LogP contribution in [0.2, 0.25) is 0 Å². The molecule has 0 saturated carbocycles. The maximum atomic E-state index is 12.2. The van der Waals surface area contributed by atoms with E-state index in [2.05, 4.69) is 0 Å². The van der Waals surface area contributed by atoms with Gasteiger partial charge in [-0.05, 0) is 26.7 Å². The molecule has 18 heavy (non-hydrogen) atoms. The Kier molecular flexibility index (Phi) is 7.59. The van der Waals surface area contributed by atoms with Crippen LogP contribution in [-0.4, -0.2) is 42.0 Å². The second-order valence-corrected chi connectivity index (χ2v) is 4.78. The minimum Gasteiger partial charge on any atom is -0.465 e. The maximum absolute atomic E-state index is 12.2. The summed E-state index contributed by atoms with van der Waals surface area (Å²) in [7, 11) is 0. The molecule has 0 bridgehead atoms. The highest BCUT2D eigenvalue weighted by Gasteiger charge is 2.28. The monoisotopic (exact) mass is 258 g/mol. The van der Waals surface area contributed by atoms with Crippen molar-refractivity contribution in [1.29, 1.82) is 0 Å². The van der Waals surface area contributed by atoms with Gasteiger partial charge in [-0.3, -0.25) is 9.59 Å². The second-order valence-electron chi connectivity index (χ2n) is 4.78. The van der Waals surface area contributed by atoms with Gasteiger partial charge in [-0.1, -0.05) is 20.3 Å². The largest absolute Gasteiger partial charge is 0.465 e. The summed E-state index contributed by atoms with van der Waals surface area (Å²) in [6.07, 6.45) is 0.832. The molecule has 0 aliphatic rings. The Morgan fingerprint density at radius 1 is 1.22 bits per heavy atom. The van der Waals surface area contributed by atoms with Crippen molar-refractivity contribution in [2.45, 2.75) is 53.1 Å². The summed E-state index contributed by atoms with van der Waals surface area (Å²) in [4.78, 5) is 25.2. The highest BCUT2D eigenvalue weighted by atomic mass is 16.5. The van der Waals surface area contributed by atoms with Crippen LogP contribution in [0.4, 0.5) is 0 Å². The average Bonchev–Trinajstić information content (AvgIpc) is 2.33. The standard InChI is InChI=1S/C13H26N2O3/c1-6-10(5)12(14)13(17)15(9(3)4)8-11(16)18-7-2/h9-10,12H,6-8,14H2,1-5H3/t10-,12-/m0/s1. The molecule has 0 aliphatic carbocycles. The topological polar surface area (TPSA) is 72.6 Å². The smallest absolute Gasteiger partial charge is 0.325 e. The van der Waals surface area contributed by atoms with Crippen LogP contribution in [0.25, 0.3) is 0 Å². The molecular formula is C13H26N2O3. The van der Waals surface area contributed by atoms with Crippen LogP contribution in [0.5, 0.6) is 0 Å². The van der Waals surface area contributed by atoms with Gasteiger partial charge in [0.25, 0.3) is 0 Å². The van der Waals surface area contributed by atoms with E-state index >= 15 is 0 Å². The van der Waals surface area contributed by atoms with Crippen molar-refractivity contribution < 1.29 is 14.3 Å². The molecule has 0 radical (unpaired) electrons. The zero-order valence-electron chi connectivity index (χ0n) is 12.1. The first-order chi connectivity index (χ1) is 8.34. The van der Waals surface area contributed by atoms with Gasteiger partial charge >= 0.3 is 5.97 Å². The lowest BCUT2D eigenvalue weighted by atomic mass is 9.98. The first-order valence-electron chi connectivity index (χ1n) is 6.56. The molecule has 0 spiro atoms. The molecule has 0 unspecified atom stereocenters. The van der Waals surface area contributed by atoms with Gasteiger partial charge in [0.2, 0.25) is 5.91 Å². The molecule has 5 nitrogen and oxygen atoms in total. The quantitative estimate of drug-likeness (QED) is 0.695. The van der Waals surface area contributed by atoms with E-state index in [1.165, 1.54) is 4.90 Å². The number of hydrogen-bond donors (Lipinski definition) is 1. The summed E-state index contributed by atoms with van der Waals surface area (Å²) < 4.78 is 4.87. The average molecular weight is 258 g/mol. The first-order valence-corrected chi connectivity index (χ1v) is 6.56. The van der Waals surface area contributed by atoms with Gasteiger partial charge in [-0.15, -0.1) is 0 Å². The van der Waals surface area contributed by atoms with Crippen molar-refractivity contribution in [3.05, 3.63) is 0 Å². The highest BCUT2D eigenvalue weighted by Crippen LogP contribution is 2.10. The van der Waals surface area contributed by atoms with E-state index in [-0.39, 0.29) is 24.4 Å². The van der Waals surface area contributed by atoms with Crippen LogP contribution in [0.15, 0.2) is 0 Å². The third kappa shape index (κ3) is 5.04. The Labute approximate surface area is 110 Å². The molecule has 0 aromatic rings. The van der Waals surface area contributed by atoms with Crippen molar-refractivity contribution in [2.24, 2.45) is 11.7 Å². The Hall–Kier alpha value is -1.10. The van der Waals surface area contributed by atoms with Crippen molar-refractivity contribution in [1.82, 2.24) is 4.90 Å². The number of rotatable bonds is 7. The van der Waals surface area contributed by atoms with Gasteiger partial charge in [0.15, 0.2) is 0 Å². The van der Waals surface area contributed by atoms with Crippen LogP contribution < -0.4 is 5.73 Å². The van der Waals surface area contributed by atoms with Crippen molar-refractivity contribution in [3.63, 3.8) is 0 Å². The zero-order valence-corrected chi connectivity index (χ0v) is 12.1. The summed E-state index contributed by atoms with van der Waals surface area (Å²) in [6.45, 7) is 9.67. The summed E-state index contributed by atoms with van der Waals surface area (Å²) in [5, 5.41) is 0. The van der Waals surface area contributed by atoms with E-state index in [4.69, 9.17) is 10.5 Å². The normalized spacial score (nSPS) is 14.2. The van der Waals surface area contributed by atoms with Crippen molar-refractivity contribution >= 4 is 11.9 Å². The van der Waals surface area contributed by atoms with E-state index in [0.717, 1.165) is 6.42 Å². The summed E-state index contributed by atoms with van der Waals surface area (Å²) >= 11 is 0. The summed E-state index contributed by atoms with van der Waals surface area (Å²) in [6, 6.07) is -0.635. The van der Waals surface area contributed by atoms with Gasteiger partial charge in [-0.2, -0.15) is 0 Å². The van der Waals surface area contributed by atoms with E-state index in [1.807, 2.05) is 27.7 Å². The maximum Gasteiger partial charge on any atom is 0.325 e. The van der Waals surface area contributed by atoms with Crippen LogP contribution >= 0.6 is 0 Å². The summed E-state index contributed by atoms with van der Waals surface area (Å²) in [5.41, 5.74) is 5.92. The van der Waals surface area contributed by atoms with E-state index in [1.54, 1.807) is 6.92 Å². The fourth-order valence-electron chi connectivity index (χ4n) is 1.55. The molecule has 2 N–H and O–H groups in total. The van der Waals surface area contributed by atoms with Crippen molar-refractivity contribution in [3.8, 4) is 0 Å².